The van der Waals surface area contributed by atoms with Crippen molar-refractivity contribution in [3.05, 3.63) is 24.3 Å². The first-order chi connectivity index (χ1) is 12.0. The van der Waals surface area contributed by atoms with Gasteiger partial charge in [-0.15, -0.1) is 0 Å². The third kappa shape index (κ3) is 4.19. The Morgan fingerprint density at radius 3 is 2.28 bits per heavy atom. The zero-order valence-electron chi connectivity index (χ0n) is 14.0. The highest BCUT2D eigenvalue weighted by molar-refractivity contribution is 7.89. The minimum absolute atomic E-state index is 0.126. The van der Waals surface area contributed by atoms with E-state index in [-0.39, 0.29) is 16.7 Å². The molecule has 0 spiro atoms. The molecular weight excluding hydrogens is 342 g/mol. The number of sulfonamides is 1. The molecule has 2 amide bonds. The molecule has 0 aromatic heterocycles. The standard InChI is InChI=1S/C17H23N3O4S/c21-16-10-9-15(19-16)17(22)18-13-5-7-14(8-6-13)25(23,24)20-11-3-1-2-4-12-20/h5-8,15H,1-4,9-12H2,(H,18,22)(H,19,21)/t15-/m0/s1. The molecule has 0 saturated carbocycles. The van der Waals surface area contributed by atoms with Crippen molar-refractivity contribution >= 4 is 27.5 Å². The minimum Gasteiger partial charge on any atom is -0.344 e. The molecule has 25 heavy (non-hydrogen) atoms. The molecule has 0 bridgehead atoms. The van der Waals surface area contributed by atoms with Crippen LogP contribution in [-0.4, -0.2) is 43.7 Å². The SMILES string of the molecule is O=C1CC[C@@H](C(=O)Nc2ccc(S(=O)(=O)N3CCCCCC3)cc2)N1. The number of rotatable bonds is 4. The first kappa shape index (κ1) is 17.9. The van der Waals surface area contributed by atoms with Crippen LogP contribution in [0.15, 0.2) is 29.2 Å². The molecule has 2 fully saturated rings. The molecule has 2 aliphatic rings. The van der Waals surface area contributed by atoms with Crippen LogP contribution in [0, 0.1) is 0 Å². The van der Waals surface area contributed by atoms with Crippen LogP contribution < -0.4 is 10.6 Å². The Balaban J connectivity index is 1.67. The maximum atomic E-state index is 12.7. The summed E-state index contributed by atoms with van der Waals surface area (Å²) in [5.74, 6) is -0.409. The van der Waals surface area contributed by atoms with Gasteiger partial charge in [-0.1, -0.05) is 12.8 Å². The van der Waals surface area contributed by atoms with Gasteiger partial charge >= 0.3 is 0 Å². The topological polar surface area (TPSA) is 95.6 Å². The summed E-state index contributed by atoms with van der Waals surface area (Å²) in [6.07, 6.45) is 4.74. The van der Waals surface area contributed by atoms with Crippen LogP contribution in [-0.2, 0) is 19.6 Å². The Hall–Kier alpha value is -1.93. The zero-order valence-corrected chi connectivity index (χ0v) is 14.8. The van der Waals surface area contributed by atoms with E-state index in [9.17, 15) is 18.0 Å². The molecule has 0 aliphatic carbocycles. The molecule has 136 valence electrons. The second kappa shape index (κ2) is 7.53. The van der Waals surface area contributed by atoms with Gasteiger partial charge in [-0.25, -0.2) is 8.42 Å². The lowest BCUT2D eigenvalue weighted by Crippen LogP contribution is -2.37. The first-order valence-electron chi connectivity index (χ1n) is 8.67. The van der Waals surface area contributed by atoms with Crippen LogP contribution in [0.1, 0.15) is 38.5 Å². The van der Waals surface area contributed by atoms with E-state index in [0.29, 0.717) is 31.6 Å². The Morgan fingerprint density at radius 2 is 1.72 bits per heavy atom. The maximum absolute atomic E-state index is 12.7. The Kier molecular flexibility index (Phi) is 5.39. The molecule has 0 radical (unpaired) electrons. The van der Waals surface area contributed by atoms with Crippen molar-refractivity contribution in [2.24, 2.45) is 0 Å². The maximum Gasteiger partial charge on any atom is 0.246 e. The number of hydrogen-bond acceptors (Lipinski definition) is 4. The molecule has 3 rings (SSSR count). The van der Waals surface area contributed by atoms with E-state index in [1.54, 1.807) is 16.4 Å². The van der Waals surface area contributed by atoms with E-state index < -0.39 is 16.1 Å². The van der Waals surface area contributed by atoms with E-state index >= 15 is 0 Å². The summed E-state index contributed by atoms with van der Waals surface area (Å²) in [6.45, 7) is 1.12. The Bertz CT molecular complexity index is 738. The van der Waals surface area contributed by atoms with Crippen LogP contribution in [0.2, 0.25) is 0 Å². The molecule has 2 N–H and O–H groups in total. The third-order valence-corrected chi connectivity index (χ3v) is 6.55. The lowest BCUT2D eigenvalue weighted by atomic mass is 10.2. The van der Waals surface area contributed by atoms with Crippen LogP contribution in [0.5, 0.6) is 0 Å². The second-order valence-electron chi connectivity index (χ2n) is 6.49. The molecule has 2 heterocycles. The lowest BCUT2D eigenvalue weighted by molar-refractivity contribution is -0.122. The largest absolute Gasteiger partial charge is 0.344 e. The molecule has 1 aromatic rings. The second-order valence-corrected chi connectivity index (χ2v) is 8.43. The average Bonchev–Trinajstić information content (AvgIpc) is 2.85. The normalized spacial score (nSPS) is 22.2. The van der Waals surface area contributed by atoms with E-state index in [1.165, 1.54) is 12.1 Å². The van der Waals surface area contributed by atoms with Crippen molar-refractivity contribution in [2.75, 3.05) is 18.4 Å². The van der Waals surface area contributed by atoms with E-state index in [0.717, 1.165) is 25.7 Å². The predicted molar refractivity (Wildman–Crippen MR) is 93.5 cm³/mol. The number of nitrogens with one attached hydrogen (secondary N) is 2. The van der Waals surface area contributed by atoms with Crippen LogP contribution in [0.3, 0.4) is 0 Å². The highest BCUT2D eigenvalue weighted by Gasteiger charge is 2.28. The average molecular weight is 365 g/mol. The summed E-state index contributed by atoms with van der Waals surface area (Å²) in [5.41, 5.74) is 0.515. The number of carbonyl (C=O) groups is 2. The van der Waals surface area contributed by atoms with E-state index in [1.807, 2.05) is 0 Å². The van der Waals surface area contributed by atoms with Crippen molar-refractivity contribution in [3.8, 4) is 0 Å². The first-order valence-corrected chi connectivity index (χ1v) is 10.1. The smallest absolute Gasteiger partial charge is 0.246 e. The predicted octanol–water partition coefficient (Wildman–Crippen LogP) is 1.47. The Labute approximate surface area is 147 Å². The van der Waals surface area contributed by atoms with Crippen molar-refractivity contribution in [1.82, 2.24) is 9.62 Å². The highest BCUT2D eigenvalue weighted by Crippen LogP contribution is 2.22. The fraction of sp³-hybridized carbons (Fsp3) is 0.529. The molecular formula is C17H23N3O4S. The van der Waals surface area contributed by atoms with Gasteiger partial charge in [0.15, 0.2) is 0 Å². The van der Waals surface area contributed by atoms with Crippen molar-refractivity contribution < 1.29 is 18.0 Å². The molecule has 0 unspecified atom stereocenters. The highest BCUT2D eigenvalue weighted by atomic mass is 32.2. The minimum atomic E-state index is -3.49. The van der Waals surface area contributed by atoms with Gasteiger partial charge in [-0.05, 0) is 43.5 Å². The van der Waals surface area contributed by atoms with Gasteiger partial charge < -0.3 is 10.6 Å². The van der Waals surface area contributed by atoms with Gasteiger partial charge in [0.25, 0.3) is 0 Å². The fourth-order valence-electron chi connectivity index (χ4n) is 3.18. The van der Waals surface area contributed by atoms with Crippen molar-refractivity contribution in [2.45, 2.75) is 49.5 Å². The summed E-state index contributed by atoms with van der Waals surface area (Å²) in [4.78, 5) is 23.5. The summed E-state index contributed by atoms with van der Waals surface area (Å²) in [5, 5.41) is 5.32. The summed E-state index contributed by atoms with van der Waals surface area (Å²) >= 11 is 0. The van der Waals surface area contributed by atoms with Gasteiger partial charge in [-0.3, -0.25) is 9.59 Å². The van der Waals surface area contributed by atoms with Gasteiger partial charge in [-0.2, -0.15) is 4.31 Å². The molecule has 2 aliphatic heterocycles. The van der Waals surface area contributed by atoms with Crippen molar-refractivity contribution in [1.29, 1.82) is 0 Å². The van der Waals surface area contributed by atoms with E-state index in [2.05, 4.69) is 10.6 Å². The fourth-order valence-corrected chi connectivity index (χ4v) is 4.70. The van der Waals surface area contributed by atoms with Gasteiger partial charge in [0.2, 0.25) is 21.8 Å². The number of benzene rings is 1. The van der Waals surface area contributed by atoms with Gasteiger partial charge in [0.05, 0.1) is 4.90 Å². The van der Waals surface area contributed by atoms with E-state index in [4.69, 9.17) is 0 Å². The number of hydrogen-bond donors (Lipinski definition) is 2. The Morgan fingerprint density at radius 1 is 1.08 bits per heavy atom. The van der Waals surface area contributed by atoms with Crippen LogP contribution >= 0.6 is 0 Å². The number of nitrogens with zero attached hydrogens (tertiary/aromatic N) is 1. The summed E-state index contributed by atoms with van der Waals surface area (Å²) in [6, 6.07) is 5.68. The van der Waals surface area contributed by atoms with Crippen LogP contribution in [0.4, 0.5) is 5.69 Å². The third-order valence-electron chi connectivity index (χ3n) is 4.64. The summed E-state index contributed by atoms with van der Waals surface area (Å²) in [7, 11) is -3.49. The molecule has 8 heteroatoms. The molecule has 2 saturated heterocycles. The quantitative estimate of drug-likeness (QED) is 0.844. The molecule has 7 nitrogen and oxygen atoms in total. The number of amides is 2. The number of anilines is 1. The molecule has 1 aromatic carbocycles. The molecule has 1 atom stereocenters. The van der Waals surface area contributed by atoms with Gasteiger partial charge in [0.1, 0.15) is 6.04 Å². The van der Waals surface area contributed by atoms with Crippen molar-refractivity contribution in [3.63, 3.8) is 0 Å². The lowest BCUT2D eigenvalue weighted by Gasteiger charge is -2.20. The van der Waals surface area contributed by atoms with Crippen LogP contribution in [0.25, 0.3) is 0 Å². The zero-order chi connectivity index (χ0) is 17.9. The summed E-state index contributed by atoms with van der Waals surface area (Å²) < 4.78 is 27.0. The van der Waals surface area contributed by atoms with Gasteiger partial charge in [0, 0.05) is 25.2 Å². The number of carbonyl (C=O) groups excluding carboxylic acids is 2. The monoisotopic (exact) mass is 365 g/mol.